The third kappa shape index (κ3) is 9.46. The summed E-state index contributed by atoms with van der Waals surface area (Å²) in [5, 5.41) is 20.1. The van der Waals surface area contributed by atoms with Crippen LogP contribution >= 0.6 is 70.5 Å². The summed E-state index contributed by atoms with van der Waals surface area (Å²) in [6.07, 6.45) is 0. The summed E-state index contributed by atoms with van der Waals surface area (Å²) in [5.74, 6) is -3.85. The quantitative estimate of drug-likeness (QED) is 0.129. The first-order valence-corrected chi connectivity index (χ1v) is 18.4. The van der Waals surface area contributed by atoms with Gasteiger partial charge in [-0.25, -0.2) is 17.6 Å². The van der Waals surface area contributed by atoms with Crippen molar-refractivity contribution in [2.45, 2.75) is 0 Å². The third-order valence-corrected chi connectivity index (χ3v) is 8.10. The second kappa shape index (κ2) is 18.9. The minimum absolute atomic E-state index is 0.0482. The fraction of sp³-hybridized carbons (Fsp3) is 0.0526. The number of hydrogen-bond donors (Lipinski definition) is 2. The lowest BCUT2D eigenvalue weighted by molar-refractivity contribution is 0.415. The van der Waals surface area contributed by atoms with Crippen LogP contribution in [0.15, 0.2) is 109 Å². The predicted octanol–water partition coefficient (Wildman–Crippen LogP) is 13.5. The molecule has 268 valence electrons. The maximum Gasteiger partial charge on any atom is 0.369 e. The van der Waals surface area contributed by atoms with Crippen LogP contribution in [-0.2, 0) is 0 Å². The van der Waals surface area contributed by atoms with Crippen molar-refractivity contribution in [1.82, 2.24) is 0 Å². The summed E-state index contributed by atoms with van der Waals surface area (Å²) < 4.78 is 69.2. The number of para-hydroxylation sites is 4. The molecular formula is C38H26BBr3Cl2F4O4. The van der Waals surface area contributed by atoms with Gasteiger partial charge < -0.3 is 19.7 Å². The van der Waals surface area contributed by atoms with Crippen molar-refractivity contribution >= 4 is 73.7 Å². The van der Waals surface area contributed by atoms with Gasteiger partial charge in [0.15, 0.2) is 23.3 Å². The maximum atomic E-state index is 14.8. The molecule has 0 saturated carbocycles. The van der Waals surface area contributed by atoms with Crippen LogP contribution in [0.4, 0.5) is 17.6 Å². The van der Waals surface area contributed by atoms with Gasteiger partial charge in [0, 0.05) is 44.5 Å². The third-order valence-electron chi connectivity index (χ3n) is 7.49. The molecule has 0 aliphatic heterocycles. The minimum Gasteiger partial charge on any atom is -0.507 e. The molecule has 0 aliphatic carbocycles. The normalized spacial score (nSPS) is 10.4. The summed E-state index contributed by atoms with van der Waals surface area (Å²) in [6, 6.07) is 28.0. The number of methoxy groups -OCH3 is 2. The van der Waals surface area contributed by atoms with Gasteiger partial charge >= 0.3 is 3.18 Å². The highest BCUT2D eigenvalue weighted by Gasteiger charge is 2.22. The Balaban J connectivity index is 0.000000212. The number of aromatic hydroxyl groups is 2. The Kier molecular flexibility index (Phi) is 14.9. The maximum absolute atomic E-state index is 14.8. The molecule has 0 bridgehead atoms. The Morgan fingerprint density at radius 1 is 0.481 bits per heavy atom. The summed E-state index contributed by atoms with van der Waals surface area (Å²) >= 11 is 21.2. The van der Waals surface area contributed by atoms with Gasteiger partial charge in [-0.3, -0.25) is 0 Å². The molecule has 0 fully saturated rings. The average Bonchev–Trinajstić information content (AvgIpc) is 3.12. The van der Waals surface area contributed by atoms with Crippen molar-refractivity contribution in [2.75, 3.05) is 14.2 Å². The van der Waals surface area contributed by atoms with Crippen LogP contribution in [-0.4, -0.2) is 27.6 Å². The molecule has 0 amide bonds. The number of halogens is 9. The highest BCUT2D eigenvalue weighted by Crippen LogP contribution is 2.42. The molecule has 52 heavy (non-hydrogen) atoms. The topological polar surface area (TPSA) is 58.9 Å². The zero-order chi connectivity index (χ0) is 38.1. The zero-order valence-corrected chi connectivity index (χ0v) is 33.4. The molecule has 0 aliphatic rings. The molecule has 6 aromatic rings. The van der Waals surface area contributed by atoms with Crippen LogP contribution in [0.25, 0.3) is 44.5 Å². The lowest BCUT2D eigenvalue weighted by Crippen LogP contribution is -1.97. The molecule has 0 aromatic heterocycles. The second-order valence-electron chi connectivity index (χ2n) is 10.5. The van der Waals surface area contributed by atoms with E-state index in [-0.39, 0.29) is 53.1 Å². The van der Waals surface area contributed by atoms with E-state index < -0.39 is 23.3 Å². The highest BCUT2D eigenvalue weighted by molar-refractivity contribution is 9.69. The summed E-state index contributed by atoms with van der Waals surface area (Å²) in [4.78, 5) is 0. The molecule has 0 unspecified atom stereocenters. The molecular weight excluding hydrogens is 918 g/mol. The molecule has 0 heterocycles. The van der Waals surface area contributed by atoms with E-state index in [0.717, 1.165) is 0 Å². The lowest BCUT2D eigenvalue weighted by atomic mass is 9.97. The Morgan fingerprint density at radius 3 is 1.40 bits per heavy atom. The second-order valence-corrected chi connectivity index (χ2v) is 17.7. The molecule has 0 radical (unpaired) electrons. The van der Waals surface area contributed by atoms with Gasteiger partial charge in [0.2, 0.25) is 0 Å². The summed E-state index contributed by atoms with van der Waals surface area (Å²) in [5.41, 5.74) is 1.18. The van der Waals surface area contributed by atoms with E-state index in [1.54, 1.807) is 54.6 Å². The molecule has 6 rings (SSSR count). The summed E-state index contributed by atoms with van der Waals surface area (Å²) in [6.45, 7) is 0. The Labute approximate surface area is 332 Å². The molecule has 0 saturated heterocycles. The van der Waals surface area contributed by atoms with Crippen molar-refractivity contribution < 1.29 is 37.2 Å². The number of hydrogen-bond acceptors (Lipinski definition) is 4. The Bertz CT molecular complexity index is 2190. The predicted molar refractivity (Wildman–Crippen MR) is 213 cm³/mol. The fourth-order valence-electron chi connectivity index (χ4n) is 5.16. The molecule has 4 nitrogen and oxygen atoms in total. The van der Waals surface area contributed by atoms with Crippen LogP contribution in [0.1, 0.15) is 0 Å². The zero-order valence-electron chi connectivity index (χ0n) is 27.1. The van der Waals surface area contributed by atoms with E-state index in [4.69, 9.17) is 32.7 Å². The largest absolute Gasteiger partial charge is 0.507 e. The van der Waals surface area contributed by atoms with E-state index in [1.165, 1.54) is 68.8 Å². The van der Waals surface area contributed by atoms with Gasteiger partial charge in [0.05, 0.1) is 24.3 Å². The van der Waals surface area contributed by atoms with Crippen molar-refractivity contribution in [3.8, 4) is 67.5 Å². The van der Waals surface area contributed by atoms with E-state index >= 15 is 0 Å². The standard InChI is InChI=1S/C20H15ClF2O2.C18H11ClF2O2.BBr3/c1-24-17-9-4-3-6-12(17)13-10-11-14(19(23)18(13)22)15-7-5-8-16(21)20(15)25-2;19-14-6-3-5-13(18(14)23)12-9-8-11(16(20)17(12)21)10-4-1-2-7-15(10)22;2-1(3)4/h3-11H,1-2H3;1-9,22-23H;. The Morgan fingerprint density at radius 2 is 0.885 bits per heavy atom. The van der Waals surface area contributed by atoms with Crippen LogP contribution in [0, 0.1) is 23.3 Å². The molecule has 2 N–H and O–H groups in total. The number of phenolic OH excluding ortho intramolecular Hbond substituents is 2. The van der Waals surface area contributed by atoms with Gasteiger partial charge in [0.25, 0.3) is 0 Å². The average molecular weight is 944 g/mol. The van der Waals surface area contributed by atoms with Crippen molar-refractivity contribution in [1.29, 1.82) is 0 Å². The first kappa shape index (κ1) is 41.1. The minimum atomic E-state index is -1.12. The first-order valence-electron chi connectivity index (χ1n) is 14.9. The van der Waals surface area contributed by atoms with Crippen LogP contribution in [0.2, 0.25) is 10.0 Å². The van der Waals surface area contributed by atoms with Gasteiger partial charge in [-0.15, -0.1) is 47.3 Å². The van der Waals surface area contributed by atoms with Gasteiger partial charge in [-0.05, 0) is 24.3 Å². The van der Waals surface area contributed by atoms with Crippen molar-refractivity contribution in [2.24, 2.45) is 0 Å². The van der Waals surface area contributed by atoms with E-state index in [0.29, 0.717) is 27.6 Å². The lowest BCUT2D eigenvalue weighted by Gasteiger charge is -2.14. The smallest absolute Gasteiger partial charge is 0.369 e. The van der Waals surface area contributed by atoms with Gasteiger partial charge in [-0.2, -0.15) is 0 Å². The van der Waals surface area contributed by atoms with E-state index in [2.05, 4.69) is 47.3 Å². The molecule has 0 atom stereocenters. The van der Waals surface area contributed by atoms with Gasteiger partial charge in [0.1, 0.15) is 23.0 Å². The van der Waals surface area contributed by atoms with Gasteiger partial charge in [-0.1, -0.05) is 108 Å². The number of benzene rings is 6. The molecule has 0 spiro atoms. The number of rotatable bonds is 6. The van der Waals surface area contributed by atoms with Crippen LogP contribution in [0.3, 0.4) is 0 Å². The first-order chi connectivity index (χ1) is 24.8. The monoisotopic (exact) mass is 940 g/mol. The van der Waals surface area contributed by atoms with Crippen LogP contribution in [0.5, 0.6) is 23.0 Å². The molecule has 14 heteroatoms. The Hall–Kier alpha value is -3.68. The van der Waals surface area contributed by atoms with E-state index in [9.17, 15) is 27.8 Å². The number of ether oxygens (including phenoxy) is 2. The summed E-state index contributed by atoms with van der Waals surface area (Å²) in [7, 11) is 2.92. The highest BCUT2D eigenvalue weighted by atomic mass is 79.9. The van der Waals surface area contributed by atoms with E-state index in [1.807, 2.05) is 0 Å². The van der Waals surface area contributed by atoms with Crippen molar-refractivity contribution in [3.63, 3.8) is 0 Å². The fourth-order valence-corrected chi connectivity index (χ4v) is 5.59. The SMILES string of the molecule is BrB(Br)Br.COc1ccccc1-c1ccc(-c2cccc(Cl)c2OC)c(F)c1F.Oc1ccccc1-c1ccc(-c2cccc(Cl)c2O)c(F)c1F. The molecule has 6 aromatic carbocycles. The van der Waals surface area contributed by atoms with Crippen LogP contribution < -0.4 is 9.47 Å². The van der Waals surface area contributed by atoms with Crippen molar-refractivity contribution in [3.05, 3.63) is 143 Å². The number of phenols is 2.